The summed E-state index contributed by atoms with van der Waals surface area (Å²) < 4.78 is 49.8. The molecule has 11 atom stereocenters. The first-order chi connectivity index (χ1) is 52.3. The van der Waals surface area contributed by atoms with E-state index in [4.69, 9.17) is 43.4 Å². The van der Waals surface area contributed by atoms with Crippen LogP contribution in [0.4, 0.5) is 0 Å². The number of carbonyl (C=O) groups is 8. The highest BCUT2D eigenvalue weighted by Crippen LogP contribution is 2.44. The van der Waals surface area contributed by atoms with Crippen LogP contribution in [0.5, 0.6) is 5.75 Å². The Morgan fingerprint density at radius 1 is 0.809 bits per heavy atom. The van der Waals surface area contributed by atoms with Gasteiger partial charge >= 0.3 is 19.5 Å². The molecule has 0 aliphatic carbocycles. The highest BCUT2D eigenvalue weighted by molar-refractivity contribution is 7.50. The average molecular weight is 1620 g/mol. The van der Waals surface area contributed by atoms with Crippen molar-refractivity contribution < 1.29 is 102 Å². The van der Waals surface area contributed by atoms with E-state index in [1.54, 1.807) is 57.1 Å². The standard InChI is InChI=1S/C69H71N14O21PS5/c1-28(56(86)70-18-32-12-14-33(15-13-32)22-105(96,97)98)71-57(87)39-25-109-65(76-39)50-44(85)16-35-49(78-50)38-23-107-63(73-38)37-21-102-67(92)52-36-20-100-53(54(104-45-17-69(5,94)55(82(6)7)31(4)103-45)68(93)101-19-34-10-9-11-43(46(34)36)83(52)95)51(66-77-40(26-110-66)58(88)72-37)81-60(90)42-27-108-64(75-42)48(30(3)99-8)80-61(91)47(29(2)84)79-59(89)41-24-106-62(35)74-41/h9-16,23-29,31,37,45,47,51,53-55,84-85,94-95H,17-22H2,1-8H3,(H,70,86)(H,71,87)(H,72,88)(H,79,89)(H,80,91)(H,81,90)(H2,96,97,98)/b48-30+/t28-,29+,31-,37-,45-,47-,51-,53-,54-,55+,69-/m0/s1. The van der Waals surface area contributed by atoms with E-state index in [1.807, 2.05) is 0 Å². The van der Waals surface area contributed by atoms with Crippen molar-refractivity contribution in [1.82, 2.24) is 71.4 Å². The molecule has 12 bridgehead atoms. The van der Waals surface area contributed by atoms with Gasteiger partial charge in [-0.2, -0.15) is 4.73 Å². The van der Waals surface area contributed by atoms with Crippen LogP contribution in [0.25, 0.3) is 49.3 Å². The Bertz CT molecular complexity index is 5200. The Hall–Kier alpha value is -9.91. The molecule has 9 aromatic rings. The SMILES string of the molecule is CO/C(C)=C1/NC(=O)[C@H]([C@@H](C)O)NC(=O)c2csc(n2)-c2cc(O)c(-c3nc(C(=O)N[C@@H](C)C(=O)NCc4ccc(CP(=O)(O)O)cc4)cs3)nc2-c2csc(n2)[C@@H]2COC(=O)c3c4c5c(cccc5n3O)COC(=O)[C@@H](O[C@H]3C[C@](C)(O)[C@H](N(C)C)[C@H](C)O3)[C@@H](OC4)[C@H](NC(=O)c3csc1n3)c1nc(cs1)C(=O)N2. The third-order valence-electron chi connectivity index (χ3n) is 18.4. The molecule has 1 fully saturated rings. The summed E-state index contributed by atoms with van der Waals surface area (Å²) >= 11 is 4.44. The Morgan fingerprint density at radius 3 is 2.17 bits per heavy atom. The number of carbonyl (C=O) groups excluding carboxylic acids is 8. The number of aliphatic hydroxyl groups is 2. The molecule has 1 saturated heterocycles. The molecule has 0 saturated carbocycles. The molecule has 11 heterocycles. The zero-order valence-electron chi connectivity index (χ0n) is 59.4. The number of pyridine rings is 1. The van der Waals surface area contributed by atoms with Crippen LogP contribution in [0.15, 0.2) is 81.2 Å². The molecule has 41 heteroatoms. The maximum atomic E-state index is 15.2. The Balaban J connectivity index is 0.919. The van der Waals surface area contributed by atoms with Gasteiger partial charge in [-0.1, -0.05) is 36.4 Å². The number of amides is 6. The first kappa shape index (κ1) is 78.2. The smallest absolute Gasteiger partial charge is 0.358 e. The lowest BCUT2D eigenvalue weighted by Crippen LogP contribution is -2.62. The van der Waals surface area contributed by atoms with Gasteiger partial charge in [0.25, 0.3) is 23.6 Å². The number of fused-ring (bicyclic) bond motifs is 15. The lowest BCUT2D eigenvalue weighted by molar-refractivity contribution is -0.280. The maximum Gasteiger partial charge on any atom is 0.358 e. The summed E-state index contributed by atoms with van der Waals surface area (Å²) in [5, 5.41) is 70.8. The summed E-state index contributed by atoms with van der Waals surface area (Å²) in [6, 6.07) is 5.67. The molecule has 13 rings (SSSR count). The zero-order chi connectivity index (χ0) is 78.5. The highest BCUT2D eigenvalue weighted by atomic mass is 32.1. The Kier molecular flexibility index (Phi) is 22.6. The summed E-state index contributed by atoms with van der Waals surface area (Å²) in [4.78, 5) is 165. The van der Waals surface area contributed by atoms with Gasteiger partial charge in [0.05, 0.1) is 49.2 Å². The third kappa shape index (κ3) is 16.4. The Labute approximate surface area is 644 Å². The molecule has 2 aromatic carbocycles. The molecule has 12 N–H and O–H groups in total. The van der Waals surface area contributed by atoms with Crippen molar-refractivity contribution in [3.05, 3.63) is 147 Å². The second-order valence-corrected chi connectivity index (χ2v) is 32.6. The van der Waals surface area contributed by atoms with Crippen LogP contribution in [0.1, 0.15) is 143 Å². The summed E-state index contributed by atoms with van der Waals surface area (Å²) in [6.45, 7) is 5.62. The third-order valence-corrected chi connectivity index (χ3v) is 23.6. The van der Waals surface area contributed by atoms with Gasteiger partial charge in [-0.25, -0.2) is 39.5 Å². The van der Waals surface area contributed by atoms with Gasteiger partial charge in [-0.05, 0) is 77.5 Å². The predicted octanol–water partition coefficient (Wildman–Crippen LogP) is 5.28. The molecular formula is C69H71N14O21PS5. The maximum absolute atomic E-state index is 15.2. The van der Waals surface area contributed by atoms with Crippen molar-refractivity contribution in [3.63, 3.8) is 0 Å². The number of nitrogens with zero attached hydrogens (tertiary/aromatic N) is 8. The van der Waals surface area contributed by atoms with Crippen LogP contribution in [0.2, 0.25) is 0 Å². The fourth-order valence-electron chi connectivity index (χ4n) is 13.1. The number of benzene rings is 2. The number of esters is 2. The lowest BCUT2D eigenvalue weighted by atomic mass is 9.85. The minimum absolute atomic E-state index is 0.00177. The summed E-state index contributed by atoms with van der Waals surface area (Å²) in [7, 11) is 0.508. The van der Waals surface area contributed by atoms with Crippen molar-refractivity contribution in [1.29, 1.82) is 0 Å². The number of nitrogens with one attached hydrogen (secondary N) is 6. The number of aromatic hydroxyl groups is 1. The molecular weight excluding hydrogens is 1550 g/mol. The van der Waals surface area contributed by atoms with Gasteiger partial charge < -0.3 is 95.5 Å². The van der Waals surface area contributed by atoms with Crippen molar-refractivity contribution in [2.45, 2.75) is 133 Å². The topological polar surface area (TPSA) is 488 Å². The number of aromatic nitrogens is 7. The van der Waals surface area contributed by atoms with E-state index < -0.39 is 159 Å². The van der Waals surface area contributed by atoms with E-state index in [9.17, 15) is 54.1 Å². The number of cyclic esters (lactones) is 2. The molecule has 0 radical (unpaired) electrons. The van der Waals surface area contributed by atoms with Gasteiger partial charge in [0.2, 0.25) is 11.8 Å². The summed E-state index contributed by atoms with van der Waals surface area (Å²) in [5.41, 5.74) is -2.00. The largest absolute Gasteiger partial charge is 0.506 e. The normalized spacial score (nSPS) is 23.1. The van der Waals surface area contributed by atoms with Crippen molar-refractivity contribution >= 4 is 128 Å². The number of rotatable bonds is 13. The number of likely N-dealkylation sites (N-methyl/N-ethyl adjacent to an activating group) is 1. The first-order valence-corrected chi connectivity index (χ1v) is 39.9. The second kappa shape index (κ2) is 31.8. The van der Waals surface area contributed by atoms with Gasteiger partial charge in [-0.3, -0.25) is 33.3 Å². The minimum atomic E-state index is -4.32. The van der Waals surface area contributed by atoms with E-state index in [0.717, 1.165) is 56.7 Å². The van der Waals surface area contributed by atoms with Crippen molar-refractivity contribution in [3.8, 4) is 38.4 Å². The highest BCUT2D eigenvalue weighted by Gasteiger charge is 2.50. The van der Waals surface area contributed by atoms with E-state index in [1.165, 1.54) is 79.0 Å². The summed E-state index contributed by atoms with van der Waals surface area (Å²) in [6.07, 6.45) is -8.10. The molecule has 7 aromatic heterocycles. The number of ether oxygens (including phenoxy) is 6. The van der Waals surface area contributed by atoms with Crippen LogP contribution >= 0.6 is 64.3 Å². The molecule has 0 spiro atoms. The lowest BCUT2D eigenvalue weighted by Gasteiger charge is -2.48. The average Bonchev–Trinajstić information content (AvgIpc) is 1.56. The van der Waals surface area contributed by atoms with Crippen LogP contribution in [-0.4, -0.2) is 199 Å². The quantitative estimate of drug-likeness (QED) is 0.0302. The number of methoxy groups -OCH3 is 1. The molecule has 35 nitrogen and oxygen atoms in total. The molecule has 6 amide bonds. The van der Waals surface area contributed by atoms with Crippen LogP contribution in [0, 0.1) is 0 Å². The van der Waals surface area contributed by atoms with Crippen molar-refractivity contribution in [2.75, 3.05) is 27.8 Å². The number of thiazole rings is 5. The van der Waals surface area contributed by atoms with E-state index in [-0.39, 0.29) is 117 Å². The van der Waals surface area contributed by atoms with Crippen LogP contribution in [-0.2, 0) is 73.3 Å². The second-order valence-electron chi connectivity index (χ2n) is 26.6. The monoisotopic (exact) mass is 1620 g/mol. The van der Waals surface area contributed by atoms with Crippen LogP contribution in [0.3, 0.4) is 0 Å². The first-order valence-electron chi connectivity index (χ1n) is 33.7. The number of hydrogen-bond acceptors (Lipinski definition) is 31. The number of allylic oxidation sites excluding steroid dienone is 1. The van der Waals surface area contributed by atoms with Gasteiger partial charge in [0.15, 0.2) is 18.1 Å². The molecule has 110 heavy (non-hydrogen) atoms. The minimum Gasteiger partial charge on any atom is -0.506 e. The molecule has 578 valence electrons. The van der Waals surface area contributed by atoms with E-state index in [2.05, 4.69) is 46.9 Å². The molecule has 4 aliphatic heterocycles. The van der Waals surface area contributed by atoms with Gasteiger partial charge in [0, 0.05) is 56.4 Å². The molecule has 0 unspecified atom stereocenters. The Morgan fingerprint density at radius 2 is 1.46 bits per heavy atom. The van der Waals surface area contributed by atoms with Gasteiger partial charge in [0.1, 0.15) is 126 Å². The fourth-order valence-corrected chi connectivity index (χ4v) is 18.0. The fraction of sp³-hybridized carbons (Fsp3) is 0.362. The van der Waals surface area contributed by atoms with E-state index >= 15 is 19.2 Å². The number of hydrogen-bond donors (Lipinski definition) is 12. The zero-order valence-corrected chi connectivity index (χ0v) is 64.4. The summed E-state index contributed by atoms with van der Waals surface area (Å²) in [5.74, 6) is -7.89. The number of aliphatic hydroxyl groups excluding tert-OH is 1. The van der Waals surface area contributed by atoms with Gasteiger partial charge in [-0.15, -0.1) is 56.7 Å². The van der Waals surface area contributed by atoms with Crippen LogP contribution < -0.4 is 31.9 Å². The molecule has 4 aliphatic rings. The predicted molar refractivity (Wildman–Crippen MR) is 395 cm³/mol. The van der Waals surface area contributed by atoms with Crippen molar-refractivity contribution in [2.24, 2.45) is 0 Å². The van der Waals surface area contributed by atoms with E-state index in [0.29, 0.717) is 15.9 Å².